The van der Waals surface area contributed by atoms with Crippen molar-refractivity contribution >= 4 is 68.5 Å². The maximum absolute atomic E-state index is 14.1. The van der Waals surface area contributed by atoms with Crippen molar-refractivity contribution in [2.75, 3.05) is 0 Å². The first-order chi connectivity index (χ1) is 30.5. The molecule has 1 heterocycles. The third-order valence-corrected chi connectivity index (χ3v) is 12.0. The molecule has 0 bridgehead atoms. The monoisotopic (exact) mass is 855 g/mol. The number of nitrogens with zero attached hydrogens (tertiary/aromatic N) is 3. The average molecular weight is 856 g/mol. The van der Waals surface area contributed by atoms with Gasteiger partial charge < -0.3 is 14.2 Å². The van der Waals surface area contributed by atoms with Crippen molar-refractivity contribution in [2.24, 2.45) is 10.3 Å². The second kappa shape index (κ2) is 20.3. The van der Waals surface area contributed by atoms with E-state index in [-0.39, 0.29) is 17.3 Å². The summed E-state index contributed by atoms with van der Waals surface area (Å²) < 4.78 is 2.21. The van der Waals surface area contributed by atoms with Gasteiger partial charge in [-0.2, -0.15) is 0 Å². The van der Waals surface area contributed by atoms with Crippen molar-refractivity contribution < 1.29 is 28.9 Å². The topological polar surface area (TPSA) is 116 Å². The van der Waals surface area contributed by atoms with Crippen molar-refractivity contribution in [1.29, 1.82) is 0 Å². The molecule has 0 saturated heterocycles. The van der Waals surface area contributed by atoms with Crippen molar-refractivity contribution in [2.45, 2.75) is 83.1 Å². The summed E-state index contributed by atoms with van der Waals surface area (Å²) in [7, 11) is 0. The molecule has 10 heteroatoms. The van der Waals surface area contributed by atoms with Crippen LogP contribution >= 0.6 is 11.8 Å². The number of ketones is 2. The number of hydrogen-bond acceptors (Lipinski definition) is 9. The molecule has 0 unspecified atom stereocenters. The molecule has 0 atom stereocenters. The van der Waals surface area contributed by atoms with Gasteiger partial charge in [-0.05, 0) is 135 Å². The van der Waals surface area contributed by atoms with E-state index in [1.807, 2.05) is 116 Å². The van der Waals surface area contributed by atoms with Gasteiger partial charge in [-0.15, -0.1) is 0 Å². The first kappa shape index (κ1) is 44.2. The molecule has 0 aliphatic heterocycles. The number of carbonyl (C=O) groups is 4. The Morgan fingerprint density at radius 1 is 0.603 bits per heavy atom. The number of oxime groups is 2. The highest BCUT2D eigenvalue weighted by molar-refractivity contribution is 7.99. The van der Waals surface area contributed by atoms with Gasteiger partial charge in [0.25, 0.3) is 0 Å². The quantitative estimate of drug-likeness (QED) is 0.0294. The Hall–Kier alpha value is -6.91. The zero-order valence-electron chi connectivity index (χ0n) is 36.1. The summed E-state index contributed by atoms with van der Waals surface area (Å²) in [6.45, 7) is 9.97. The number of aromatic nitrogens is 1. The van der Waals surface area contributed by atoms with Crippen LogP contribution in [0.15, 0.2) is 154 Å². The van der Waals surface area contributed by atoms with Crippen LogP contribution < -0.4 is 0 Å². The minimum Gasteiger partial charge on any atom is -0.341 e. The van der Waals surface area contributed by atoms with Gasteiger partial charge in [-0.25, -0.2) is 9.59 Å². The van der Waals surface area contributed by atoms with Gasteiger partial charge in [-0.3, -0.25) is 9.59 Å². The van der Waals surface area contributed by atoms with Crippen molar-refractivity contribution in [3.63, 3.8) is 0 Å². The molecule has 0 aliphatic carbocycles. The lowest BCUT2D eigenvalue weighted by atomic mass is 9.94. The molecule has 0 aliphatic rings. The molecule has 7 rings (SSSR count). The minimum absolute atomic E-state index is 0.0944. The van der Waals surface area contributed by atoms with Gasteiger partial charge >= 0.3 is 11.9 Å². The first-order valence-corrected chi connectivity index (χ1v) is 22.1. The van der Waals surface area contributed by atoms with E-state index in [0.717, 1.165) is 86.1 Å². The van der Waals surface area contributed by atoms with Crippen LogP contribution in [0.4, 0.5) is 0 Å². The molecule has 318 valence electrons. The van der Waals surface area contributed by atoms with E-state index in [4.69, 9.17) is 9.68 Å². The van der Waals surface area contributed by atoms with Crippen molar-refractivity contribution in [3.05, 3.63) is 167 Å². The third kappa shape index (κ3) is 10.4. The fourth-order valence-electron chi connectivity index (χ4n) is 7.58. The van der Waals surface area contributed by atoms with Gasteiger partial charge in [0, 0.05) is 61.8 Å². The highest BCUT2D eigenvalue weighted by Crippen LogP contribution is 2.33. The van der Waals surface area contributed by atoms with Crippen LogP contribution in [0.5, 0.6) is 0 Å². The summed E-state index contributed by atoms with van der Waals surface area (Å²) in [5, 5.41) is 10.0. The van der Waals surface area contributed by atoms with Crippen LogP contribution in [0.2, 0.25) is 0 Å². The summed E-state index contributed by atoms with van der Waals surface area (Å²) in [4.78, 5) is 64.6. The van der Waals surface area contributed by atoms with Crippen LogP contribution in [0, 0.1) is 6.92 Å². The molecule has 7 aromatic rings. The normalized spacial score (nSPS) is 11.8. The van der Waals surface area contributed by atoms with E-state index < -0.39 is 11.9 Å². The number of unbranched alkanes of at least 4 members (excludes halogenated alkanes) is 3. The largest absolute Gasteiger partial charge is 0.365 e. The summed E-state index contributed by atoms with van der Waals surface area (Å²) in [5.74, 6) is -1.51. The number of Topliss-reactive ketones (excluding diaryl/α,β-unsaturated/α-hetero) is 1. The average Bonchev–Trinajstić information content (AvgIpc) is 3.62. The van der Waals surface area contributed by atoms with E-state index in [2.05, 4.69) is 28.7 Å². The molecule has 0 fully saturated rings. The highest BCUT2D eigenvalue weighted by Gasteiger charge is 2.19. The Labute approximate surface area is 371 Å². The van der Waals surface area contributed by atoms with Gasteiger partial charge in [0.1, 0.15) is 5.71 Å². The third-order valence-electron chi connectivity index (χ3n) is 11.0. The molecule has 1 aromatic heterocycles. The zero-order valence-corrected chi connectivity index (χ0v) is 37.0. The number of aryl methyl sites for hydroxylation is 2. The molecular weight excluding hydrogens is 807 g/mol. The summed E-state index contributed by atoms with van der Waals surface area (Å²) >= 11 is 1.62. The first-order valence-electron chi connectivity index (χ1n) is 21.2. The van der Waals surface area contributed by atoms with Crippen molar-refractivity contribution in [3.8, 4) is 11.1 Å². The summed E-state index contributed by atoms with van der Waals surface area (Å²) in [5.41, 5.74) is 8.12. The number of fused-ring (bicyclic) bond motifs is 3. The molecular formula is C53H49N3O6S. The molecule has 0 N–H and O–H groups in total. The Balaban J connectivity index is 1.05. The lowest BCUT2D eigenvalue weighted by Gasteiger charge is -2.10. The van der Waals surface area contributed by atoms with Crippen LogP contribution in [0.1, 0.15) is 108 Å². The molecule has 0 saturated carbocycles. The number of hydrogen-bond donors (Lipinski definition) is 0. The van der Waals surface area contributed by atoms with Crippen LogP contribution in [-0.4, -0.2) is 39.5 Å². The highest BCUT2D eigenvalue weighted by atomic mass is 32.2. The number of benzene rings is 6. The zero-order chi connectivity index (χ0) is 44.5. The Bertz CT molecular complexity index is 2880. The van der Waals surface area contributed by atoms with Gasteiger partial charge in [0.2, 0.25) is 5.78 Å². The molecule has 63 heavy (non-hydrogen) atoms. The van der Waals surface area contributed by atoms with E-state index >= 15 is 0 Å². The van der Waals surface area contributed by atoms with Gasteiger partial charge in [-0.1, -0.05) is 103 Å². The fourth-order valence-corrected chi connectivity index (χ4v) is 8.42. The maximum Gasteiger partial charge on any atom is 0.365 e. The molecule has 0 amide bonds. The fraction of sp³-hybridized carbons (Fsp3) is 0.208. The lowest BCUT2D eigenvalue weighted by molar-refractivity contribution is -0.140. The van der Waals surface area contributed by atoms with Crippen molar-refractivity contribution in [1.82, 2.24) is 4.57 Å². The molecule has 9 nitrogen and oxygen atoms in total. The number of carbonyl (C=O) groups excluding carboxylic acids is 4. The number of rotatable bonds is 17. The van der Waals surface area contributed by atoms with E-state index in [1.165, 1.54) is 6.92 Å². The van der Waals surface area contributed by atoms with Gasteiger partial charge in [0.15, 0.2) is 5.78 Å². The second-order valence-electron chi connectivity index (χ2n) is 15.4. The van der Waals surface area contributed by atoms with Crippen LogP contribution in [0.3, 0.4) is 0 Å². The van der Waals surface area contributed by atoms with E-state index in [1.54, 1.807) is 43.0 Å². The Morgan fingerprint density at radius 2 is 1.22 bits per heavy atom. The van der Waals surface area contributed by atoms with Crippen LogP contribution in [-0.2, 0) is 21.0 Å². The SMILES string of the molecule is CCCCCC/C(=N\OC(=O)c1ccc(-c2ccc(C(=O)c3ccc4c(c3)c3cc(/C(C)=N/OC(C)=O)ccc3n4CC)c(C)c2)cc1)C(=O)c1ccc(Sc2ccccc2)cc1. The predicted octanol–water partition coefficient (Wildman–Crippen LogP) is 12.8. The van der Waals surface area contributed by atoms with E-state index in [9.17, 15) is 19.2 Å². The van der Waals surface area contributed by atoms with Gasteiger partial charge in [0.05, 0.1) is 11.3 Å². The summed E-state index contributed by atoms with van der Waals surface area (Å²) in [6.07, 6.45) is 4.20. The second-order valence-corrected chi connectivity index (χ2v) is 16.5. The molecule has 6 aromatic carbocycles. The maximum atomic E-state index is 14.1. The minimum atomic E-state index is -0.660. The molecule has 0 radical (unpaired) electrons. The smallest absolute Gasteiger partial charge is 0.341 e. The summed E-state index contributed by atoms with van der Waals surface area (Å²) in [6, 6.07) is 41.9. The van der Waals surface area contributed by atoms with Crippen LogP contribution in [0.25, 0.3) is 32.9 Å². The Kier molecular flexibility index (Phi) is 14.2. The lowest BCUT2D eigenvalue weighted by Crippen LogP contribution is -2.16. The standard InChI is InChI=1S/C53H49N3O6S/c1-6-8-9-13-16-48(52(59)38-21-26-44(27-22-38)63-43-14-11-10-12-15-43)55-62-53(60)39-19-17-37(18-20-39)41-23-28-45(34(3)31-41)51(58)42-25-30-50-47(33-42)46-32-40(35(4)54-61-36(5)57)24-29-49(46)56(50)7-2/h10-12,14-15,17-33H,6-9,13,16H2,1-5H3/b54-35+,55-48+. The van der Waals surface area contributed by atoms with E-state index in [0.29, 0.717) is 34.4 Å². The predicted molar refractivity (Wildman–Crippen MR) is 252 cm³/mol. The Morgan fingerprint density at radius 3 is 1.87 bits per heavy atom. The molecule has 0 spiro atoms.